The Morgan fingerprint density at radius 3 is 2.50 bits per heavy atom. The molecule has 1 aliphatic rings. The Morgan fingerprint density at radius 2 is 1.77 bits per heavy atom. The van der Waals surface area contributed by atoms with Crippen molar-refractivity contribution in [2.75, 3.05) is 38.2 Å². The molecule has 154 valence electrons. The Labute approximate surface area is 173 Å². The van der Waals surface area contributed by atoms with Gasteiger partial charge in [0, 0.05) is 30.0 Å². The summed E-state index contributed by atoms with van der Waals surface area (Å²) in [6.07, 6.45) is 3.14. The number of benzene rings is 2. The van der Waals surface area contributed by atoms with Crippen molar-refractivity contribution in [1.82, 2.24) is 19.7 Å². The highest BCUT2D eigenvalue weighted by Gasteiger charge is 2.17. The highest BCUT2D eigenvalue weighted by molar-refractivity contribution is 6.04. The van der Waals surface area contributed by atoms with Crippen molar-refractivity contribution in [3.05, 3.63) is 66.7 Å². The van der Waals surface area contributed by atoms with Gasteiger partial charge in [0.15, 0.2) is 6.61 Å². The van der Waals surface area contributed by atoms with E-state index in [9.17, 15) is 9.59 Å². The minimum Gasteiger partial charge on any atom is -0.484 e. The lowest BCUT2D eigenvalue weighted by molar-refractivity contribution is -0.137. The molecule has 0 aliphatic carbocycles. The highest BCUT2D eigenvalue weighted by Crippen LogP contribution is 2.17. The monoisotopic (exact) mass is 407 g/mol. The van der Waals surface area contributed by atoms with E-state index in [1.807, 2.05) is 6.07 Å². The first kappa shape index (κ1) is 19.6. The van der Waals surface area contributed by atoms with Gasteiger partial charge in [0.05, 0.1) is 13.2 Å². The molecule has 1 fully saturated rings. The van der Waals surface area contributed by atoms with Crippen LogP contribution < -0.4 is 10.1 Å². The van der Waals surface area contributed by atoms with Crippen LogP contribution in [0, 0.1) is 0 Å². The molecule has 2 heterocycles. The molecule has 2 amide bonds. The van der Waals surface area contributed by atoms with Crippen LogP contribution in [0.2, 0.25) is 0 Å². The molecule has 4 rings (SSSR count). The van der Waals surface area contributed by atoms with Gasteiger partial charge in [-0.2, -0.15) is 0 Å². The van der Waals surface area contributed by atoms with Crippen molar-refractivity contribution in [1.29, 1.82) is 0 Å². The van der Waals surface area contributed by atoms with Crippen LogP contribution >= 0.6 is 0 Å². The molecule has 0 bridgehead atoms. The van der Waals surface area contributed by atoms with Crippen molar-refractivity contribution in [3.8, 4) is 11.4 Å². The van der Waals surface area contributed by atoms with Crippen LogP contribution in [0.25, 0.3) is 5.69 Å². The van der Waals surface area contributed by atoms with E-state index >= 15 is 0 Å². The van der Waals surface area contributed by atoms with E-state index in [0.29, 0.717) is 43.3 Å². The predicted octanol–water partition coefficient (Wildman–Crippen LogP) is 1.76. The molecule has 0 saturated carbocycles. The summed E-state index contributed by atoms with van der Waals surface area (Å²) in [6.45, 7) is 2.27. The maximum Gasteiger partial charge on any atom is 0.260 e. The van der Waals surface area contributed by atoms with E-state index in [0.717, 1.165) is 5.69 Å². The molecule has 0 atom stereocenters. The molecular weight excluding hydrogens is 386 g/mol. The van der Waals surface area contributed by atoms with Crippen molar-refractivity contribution < 1.29 is 19.1 Å². The highest BCUT2D eigenvalue weighted by atomic mass is 16.5. The fraction of sp³-hybridized carbons (Fsp3) is 0.238. The molecule has 1 aliphatic heterocycles. The Morgan fingerprint density at radius 1 is 1.03 bits per heavy atom. The smallest absolute Gasteiger partial charge is 0.260 e. The minimum atomic E-state index is -0.235. The summed E-state index contributed by atoms with van der Waals surface area (Å²) < 4.78 is 12.5. The standard InChI is InChI=1S/C21H21N5O4/c27-20(25-8-10-29-11-9-25)13-30-19-6-4-17(5-7-19)24-21(28)16-2-1-3-18(12-16)26-14-22-23-15-26/h1-7,12,14-15H,8-11,13H2,(H,24,28). The van der Waals surface area contributed by atoms with Gasteiger partial charge in [-0.15, -0.1) is 10.2 Å². The van der Waals surface area contributed by atoms with Crippen LogP contribution in [0.5, 0.6) is 5.75 Å². The number of aromatic nitrogens is 3. The van der Waals surface area contributed by atoms with E-state index < -0.39 is 0 Å². The van der Waals surface area contributed by atoms with Crippen LogP contribution in [0.1, 0.15) is 10.4 Å². The van der Waals surface area contributed by atoms with Gasteiger partial charge in [-0.1, -0.05) is 6.07 Å². The molecule has 1 aromatic heterocycles. The van der Waals surface area contributed by atoms with Gasteiger partial charge in [-0.3, -0.25) is 14.2 Å². The number of ether oxygens (including phenoxy) is 2. The number of carbonyl (C=O) groups is 2. The molecule has 0 radical (unpaired) electrons. The zero-order chi connectivity index (χ0) is 20.8. The molecule has 30 heavy (non-hydrogen) atoms. The van der Waals surface area contributed by atoms with Gasteiger partial charge >= 0.3 is 0 Å². The summed E-state index contributed by atoms with van der Waals surface area (Å²) in [5.41, 5.74) is 1.93. The number of morpholine rings is 1. The maximum atomic E-state index is 12.6. The van der Waals surface area contributed by atoms with Crippen molar-refractivity contribution >= 4 is 17.5 Å². The zero-order valence-electron chi connectivity index (χ0n) is 16.2. The summed E-state index contributed by atoms with van der Waals surface area (Å²) in [5, 5.41) is 10.4. The molecule has 9 nitrogen and oxygen atoms in total. The van der Waals surface area contributed by atoms with Crippen LogP contribution in [0.15, 0.2) is 61.2 Å². The van der Waals surface area contributed by atoms with E-state index in [2.05, 4.69) is 15.5 Å². The average Bonchev–Trinajstić information content (AvgIpc) is 3.34. The van der Waals surface area contributed by atoms with E-state index in [-0.39, 0.29) is 18.4 Å². The Balaban J connectivity index is 1.32. The molecule has 0 unspecified atom stereocenters. The van der Waals surface area contributed by atoms with Crippen molar-refractivity contribution in [3.63, 3.8) is 0 Å². The number of hydrogen-bond donors (Lipinski definition) is 1. The number of nitrogens with zero attached hydrogens (tertiary/aromatic N) is 4. The van der Waals surface area contributed by atoms with Crippen LogP contribution in [-0.2, 0) is 9.53 Å². The molecule has 1 N–H and O–H groups in total. The second-order valence-electron chi connectivity index (χ2n) is 6.68. The van der Waals surface area contributed by atoms with Gasteiger partial charge < -0.3 is 19.7 Å². The predicted molar refractivity (Wildman–Crippen MR) is 109 cm³/mol. The number of amides is 2. The summed E-state index contributed by atoms with van der Waals surface area (Å²) in [4.78, 5) is 26.4. The largest absolute Gasteiger partial charge is 0.484 e. The third-order valence-electron chi connectivity index (χ3n) is 4.66. The van der Waals surface area contributed by atoms with Crippen LogP contribution in [0.3, 0.4) is 0 Å². The fourth-order valence-corrected chi connectivity index (χ4v) is 3.03. The first-order valence-corrected chi connectivity index (χ1v) is 9.54. The summed E-state index contributed by atoms with van der Waals surface area (Å²) in [7, 11) is 0. The first-order chi connectivity index (χ1) is 14.7. The quantitative estimate of drug-likeness (QED) is 0.669. The minimum absolute atomic E-state index is 0.0262. The second kappa shape index (κ2) is 9.19. The number of rotatable bonds is 6. The lowest BCUT2D eigenvalue weighted by Crippen LogP contribution is -2.42. The number of carbonyl (C=O) groups excluding carboxylic acids is 2. The Bertz CT molecular complexity index is 999. The zero-order valence-corrected chi connectivity index (χ0v) is 16.2. The van der Waals surface area contributed by atoms with Gasteiger partial charge in [-0.05, 0) is 42.5 Å². The lowest BCUT2D eigenvalue weighted by atomic mass is 10.2. The van der Waals surface area contributed by atoms with Gasteiger partial charge in [0.25, 0.3) is 11.8 Å². The van der Waals surface area contributed by atoms with Gasteiger partial charge in [-0.25, -0.2) is 0 Å². The summed E-state index contributed by atoms with van der Waals surface area (Å²) in [6, 6.07) is 14.1. The molecule has 3 aromatic rings. The average molecular weight is 407 g/mol. The normalized spacial score (nSPS) is 13.7. The van der Waals surface area contributed by atoms with Gasteiger partial charge in [0.2, 0.25) is 0 Å². The van der Waals surface area contributed by atoms with Crippen LogP contribution in [-0.4, -0.2) is 64.4 Å². The van der Waals surface area contributed by atoms with E-state index in [1.54, 1.807) is 64.6 Å². The topological polar surface area (TPSA) is 98.6 Å². The molecule has 1 saturated heterocycles. The second-order valence-corrected chi connectivity index (χ2v) is 6.68. The number of anilines is 1. The van der Waals surface area contributed by atoms with E-state index in [4.69, 9.17) is 9.47 Å². The van der Waals surface area contributed by atoms with Gasteiger partial charge in [0.1, 0.15) is 18.4 Å². The molecule has 0 spiro atoms. The Hall–Kier alpha value is -3.72. The van der Waals surface area contributed by atoms with Crippen molar-refractivity contribution in [2.24, 2.45) is 0 Å². The Kier molecular flexibility index (Phi) is 6.00. The SMILES string of the molecule is O=C(Nc1ccc(OCC(=O)N2CCOCC2)cc1)c1cccc(-n2cnnc2)c1. The lowest BCUT2D eigenvalue weighted by Gasteiger charge is -2.26. The molecular formula is C21H21N5O4. The molecule has 9 heteroatoms. The van der Waals surface area contributed by atoms with Crippen molar-refractivity contribution in [2.45, 2.75) is 0 Å². The van der Waals surface area contributed by atoms with E-state index in [1.165, 1.54) is 0 Å². The summed E-state index contributed by atoms with van der Waals surface area (Å²) in [5.74, 6) is 0.258. The number of nitrogens with one attached hydrogen (secondary N) is 1. The fourth-order valence-electron chi connectivity index (χ4n) is 3.03. The van der Waals surface area contributed by atoms with Crippen LogP contribution in [0.4, 0.5) is 5.69 Å². The first-order valence-electron chi connectivity index (χ1n) is 9.54. The summed E-state index contributed by atoms with van der Waals surface area (Å²) >= 11 is 0. The third kappa shape index (κ3) is 4.81. The number of hydrogen-bond acceptors (Lipinski definition) is 6. The maximum absolute atomic E-state index is 12.6. The third-order valence-corrected chi connectivity index (χ3v) is 4.66. The molecule has 2 aromatic carbocycles.